The third-order valence-electron chi connectivity index (χ3n) is 5.99. The van der Waals surface area contributed by atoms with Gasteiger partial charge in [0.2, 0.25) is 0 Å². The molecule has 1 amide bonds. The van der Waals surface area contributed by atoms with Crippen molar-refractivity contribution in [3.63, 3.8) is 0 Å². The molecule has 2 aliphatic rings. The van der Waals surface area contributed by atoms with Gasteiger partial charge in [-0.15, -0.1) is 0 Å². The number of nitrogens with zero attached hydrogens (tertiary/aromatic N) is 3. The fourth-order valence-electron chi connectivity index (χ4n) is 4.21. The van der Waals surface area contributed by atoms with E-state index in [1.165, 1.54) is 0 Å². The molecule has 0 bridgehead atoms. The monoisotopic (exact) mass is 433 g/mol. The van der Waals surface area contributed by atoms with E-state index in [1.54, 1.807) is 13.8 Å². The number of amides is 1. The van der Waals surface area contributed by atoms with E-state index in [0.29, 0.717) is 19.1 Å². The molecule has 0 aliphatic carbocycles. The van der Waals surface area contributed by atoms with Crippen molar-refractivity contribution in [2.45, 2.75) is 64.8 Å². The molecule has 2 saturated heterocycles. The van der Waals surface area contributed by atoms with Gasteiger partial charge in [-0.1, -0.05) is 12.1 Å². The molecule has 2 heterocycles. The Labute approximate surface area is 186 Å². The molecule has 174 valence electrons. The SMILES string of the molecule is C[C@H]1COCCN1C[C@H]1CN(C(=O)OC(C)(C)C)CCN1c1ccc(C(C)(C)O)cc1. The van der Waals surface area contributed by atoms with Crippen LogP contribution in [-0.4, -0.2) is 84.6 Å². The molecule has 2 fully saturated rings. The maximum atomic E-state index is 12.7. The largest absolute Gasteiger partial charge is 0.444 e. The first-order valence-corrected chi connectivity index (χ1v) is 11.3. The number of carbonyl (C=O) groups is 1. The Morgan fingerprint density at radius 3 is 2.39 bits per heavy atom. The fourth-order valence-corrected chi connectivity index (χ4v) is 4.21. The van der Waals surface area contributed by atoms with Crippen LogP contribution in [0.4, 0.5) is 10.5 Å². The summed E-state index contributed by atoms with van der Waals surface area (Å²) in [5.74, 6) is 0. The van der Waals surface area contributed by atoms with Crippen LogP contribution in [0, 0.1) is 0 Å². The Hall–Kier alpha value is -1.83. The maximum Gasteiger partial charge on any atom is 0.410 e. The summed E-state index contributed by atoms with van der Waals surface area (Å²) in [5.41, 5.74) is 0.635. The summed E-state index contributed by atoms with van der Waals surface area (Å²) in [6.07, 6.45) is -0.246. The lowest BCUT2D eigenvalue weighted by molar-refractivity contribution is -0.00862. The predicted octanol–water partition coefficient (Wildman–Crippen LogP) is 3.06. The van der Waals surface area contributed by atoms with Crippen LogP contribution in [0.25, 0.3) is 0 Å². The summed E-state index contributed by atoms with van der Waals surface area (Å²) in [6, 6.07) is 8.63. The highest BCUT2D eigenvalue weighted by Gasteiger charge is 2.34. The van der Waals surface area contributed by atoms with Crippen molar-refractivity contribution in [1.82, 2.24) is 9.80 Å². The van der Waals surface area contributed by atoms with Crippen LogP contribution < -0.4 is 4.90 Å². The van der Waals surface area contributed by atoms with E-state index < -0.39 is 11.2 Å². The van der Waals surface area contributed by atoms with E-state index in [9.17, 15) is 9.90 Å². The number of carbonyl (C=O) groups excluding carboxylic acids is 1. The normalized spacial score (nSPS) is 23.7. The van der Waals surface area contributed by atoms with Crippen LogP contribution in [0.15, 0.2) is 24.3 Å². The van der Waals surface area contributed by atoms with Gasteiger partial charge in [0.05, 0.1) is 24.9 Å². The number of hydrogen-bond acceptors (Lipinski definition) is 6. The second-order valence-electron chi connectivity index (χ2n) is 10.3. The minimum Gasteiger partial charge on any atom is -0.444 e. The predicted molar refractivity (Wildman–Crippen MR) is 122 cm³/mol. The number of benzene rings is 1. The number of rotatable bonds is 4. The molecule has 0 saturated carbocycles. The number of piperazine rings is 1. The van der Waals surface area contributed by atoms with Crippen molar-refractivity contribution in [2.24, 2.45) is 0 Å². The van der Waals surface area contributed by atoms with Gasteiger partial charge in [0, 0.05) is 44.5 Å². The van der Waals surface area contributed by atoms with Crippen LogP contribution in [0.1, 0.15) is 47.1 Å². The zero-order chi connectivity index (χ0) is 22.8. The number of ether oxygens (including phenoxy) is 2. The second-order valence-corrected chi connectivity index (χ2v) is 10.3. The highest BCUT2D eigenvalue weighted by molar-refractivity contribution is 5.69. The van der Waals surface area contributed by atoms with Crippen molar-refractivity contribution in [2.75, 3.05) is 50.8 Å². The Kier molecular flexibility index (Phi) is 7.18. The highest BCUT2D eigenvalue weighted by Crippen LogP contribution is 2.27. The summed E-state index contributed by atoms with van der Waals surface area (Å²) < 4.78 is 11.2. The molecule has 31 heavy (non-hydrogen) atoms. The van der Waals surface area contributed by atoms with Crippen molar-refractivity contribution < 1.29 is 19.4 Å². The Morgan fingerprint density at radius 2 is 1.81 bits per heavy atom. The quantitative estimate of drug-likeness (QED) is 0.787. The molecule has 1 aromatic rings. The Bertz CT molecular complexity index is 739. The maximum absolute atomic E-state index is 12.7. The molecule has 1 aromatic carbocycles. The van der Waals surface area contributed by atoms with E-state index in [4.69, 9.17) is 9.47 Å². The van der Waals surface area contributed by atoms with Crippen LogP contribution in [0.3, 0.4) is 0 Å². The van der Waals surface area contributed by atoms with Crippen molar-refractivity contribution in [3.8, 4) is 0 Å². The van der Waals surface area contributed by atoms with Crippen LogP contribution >= 0.6 is 0 Å². The molecule has 7 nitrogen and oxygen atoms in total. The second kappa shape index (κ2) is 9.35. The number of morpholine rings is 1. The third-order valence-corrected chi connectivity index (χ3v) is 5.99. The van der Waals surface area contributed by atoms with Crippen LogP contribution in [0.5, 0.6) is 0 Å². The van der Waals surface area contributed by atoms with Gasteiger partial charge in [-0.2, -0.15) is 0 Å². The van der Waals surface area contributed by atoms with E-state index >= 15 is 0 Å². The van der Waals surface area contributed by atoms with Crippen LogP contribution in [-0.2, 0) is 15.1 Å². The number of aliphatic hydroxyl groups is 1. The summed E-state index contributed by atoms with van der Waals surface area (Å²) in [5, 5.41) is 10.3. The van der Waals surface area contributed by atoms with Gasteiger partial charge in [0.15, 0.2) is 0 Å². The van der Waals surface area contributed by atoms with Gasteiger partial charge in [0.1, 0.15) is 5.60 Å². The topological polar surface area (TPSA) is 65.5 Å². The molecule has 0 radical (unpaired) electrons. The molecule has 0 spiro atoms. The molecule has 3 rings (SSSR count). The van der Waals surface area contributed by atoms with Gasteiger partial charge >= 0.3 is 6.09 Å². The molecule has 0 unspecified atom stereocenters. The standard InChI is InChI=1S/C24H39N3O4/c1-18-17-30-14-13-25(18)15-21-16-26(22(28)31-23(2,3)4)11-12-27(21)20-9-7-19(8-10-20)24(5,6)29/h7-10,18,21,29H,11-17H2,1-6H3/t18-,21-/m0/s1. The average molecular weight is 434 g/mol. The van der Waals surface area contributed by atoms with Gasteiger partial charge in [-0.25, -0.2) is 4.79 Å². The first-order valence-electron chi connectivity index (χ1n) is 11.3. The smallest absolute Gasteiger partial charge is 0.410 e. The first-order chi connectivity index (χ1) is 14.4. The zero-order valence-corrected chi connectivity index (χ0v) is 19.9. The third kappa shape index (κ3) is 6.34. The van der Waals surface area contributed by atoms with Crippen molar-refractivity contribution in [1.29, 1.82) is 0 Å². The van der Waals surface area contributed by atoms with E-state index in [-0.39, 0.29) is 12.1 Å². The summed E-state index contributed by atoms with van der Waals surface area (Å²) in [7, 11) is 0. The Morgan fingerprint density at radius 1 is 1.13 bits per heavy atom. The van der Waals surface area contributed by atoms with E-state index in [1.807, 2.05) is 37.8 Å². The number of anilines is 1. The molecule has 0 aromatic heterocycles. The number of hydrogen-bond donors (Lipinski definition) is 1. The van der Waals surface area contributed by atoms with Gasteiger partial charge in [-0.3, -0.25) is 4.90 Å². The highest BCUT2D eigenvalue weighted by atomic mass is 16.6. The molecular formula is C24H39N3O4. The van der Waals surface area contributed by atoms with E-state index in [0.717, 1.165) is 44.1 Å². The fraction of sp³-hybridized carbons (Fsp3) is 0.708. The Balaban J connectivity index is 1.79. The first kappa shape index (κ1) is 23.8. The summed E-state index contributed by atoms with van der Waals surface area (Å²) in [4.78, 5) is 19.4. The van der Waals surface area contributed by atoms with Crippen molar-refractivity contribution in [3.05, 3.63) is 29.8 Å². The lowest BCUT2D eigenvalue weighted by Crippen LogP contribution is -2.60. The lowest BCUT2D eigenvalue weighted by Gasteiger charge is -2.46. The molecule has 2 aliphatic heterocycles. The van der Waals surface area contributed by atoms with Gasteiger partial charge in [0.25, 0.3) is 0 Å². The zero-order valence-electron chi connectivity index (χ0n) is 19.9. The van der Waals surface area contributed by atoms with Crippen LogP contribution in [0.2, 0.25) is 0 Å². The minimum atomic E-state index is -0.865. The van der Waals surface area contributed by atoms with Crippen molar-refractivity contribution >= 4 is 11.8 Å². The van der Waals surface area contributed by atoms with Gasteiger partial charge in [-0.05, 0) is 59.2 Å². The summed E-state index contributed by atoms with van der Waals surface area (Å²) in [6.45, 7) is 16.7. The molecular weight excluding hydrogens is 394 g/mol. The molecule has 1 N–H and O–H groups in total. The summed E-state index contributed by atoms with van der Waals surface area (Å²) >= 11 is 0. The van der Waals surface area contributed by atoms with E-state index in [2.05, 4.69) is 28.9 Å². The van der Waals surface area contributed by atoms with Gasteiger partial charge < -0.3 is 24.4 Å². The lowest BCUT2D eigenvalue weighted by atomic mass is 9.98. The molecule has 7 heteroatoms. The minimum absolute atomic E-state index is 0.148. The molecule has 2 atom stereocenters. The average Bonchev–Trinajstić information content (AvgIpc) is 2.68.